The van der Waals surface area contributed by atoms with Gasteiger partial charge in [-0.3, -0.25) is 4.79 Å². The lowest BCUT2D eigenvalue weighted by Crippen LogP contribution is -2.18. The summed E-state index contributed by atoms with van der Waals surface area (Å²) in [5.41, 5.74) is 1.25. The number of amides is 1. The van der Waals surface area contributed by atoms with Gasteiger partial charge in [-0.15, -0.1) is 0 Å². The average molecular weight is 430 g/mol. The van der Waals surface area contributed by atoms with Crippen molar-refractivity contribution in [3.63, 3.8) is 0 Å². The SMILES string of the molecule is CNS(=O)(=O)c1ccc(NC(=O)CCCc2nc(-c3ccccc3OC)no2)cc1. The van der Waals surface area contributed by atoms with Crippen molar-refractivity contribution < 1.29 is 22.5 Å². The smallest absolute Gasteiger partial charge is 0.240 e. The molecule has 0 radical (unpaired) electrons. The number of sulfonamides is 1. The number of hydrogen-bond donors (Lipinski definition) is 2. The van der Waals surface area contributed by atoms with Crippen LogP contribution in [-0.4, -0.2) is 38.6 Å². The van der Waals surface area contributed by atoms with Gasteiger partial charge in [-0.05, 0) is 49.9 Å². The van der Waals surface area contributed by atoms with E-state index in [1.54, 1.807) is 19.2 Å². The number of anilines is 1. The van der Waals surface area contributed by atoms with Gasteiger partial charge in [-0.25, -0.2) is 13.1 Å². The standard InChI is InChI=1S/C20H22N4O5S/c1-21-30(26,27)15-12-10-14(11-13-15)22-18(25)8-5-9-19-23-20(24-29-19)16-6-3-4-7-17(16)28-2/h3-4,6-7,10-13,21H,5,8-9H2,1-2H3,(H,22,25). The molecule has 30 heavy (non-hydrogen) atoms. The minimum atomic E-state index is -3.50. The first-order valence-corrected chi connectivity index (χ1v) is 10.7. The van der Waals surface area contributed by atoms with Crippen LogP contribution in [0.3, 0.4) is 0 Å². The second kappa shape index (κ2) is 9.51. The molecule has 0 aliphatic rings. The van der Waals surface area contributed by atoms with Crippen LogP contribution >= 0.6 is 0 Å². The molecule has 158 valence electrons. The number of methoxy groups -OCH3 is 1. The fourth-order valence-corrected chi connectivity index (χ4v) is 3.48. The largest absolute Gasteiger partial charge is 0.496 e. The van der Waals surface area contributed by atoms with Crippen LogP contribution in [-0.2, 0) is 21.2 Å². The Balaban J connectivity index is 1.51. The highest BCUT2D eigenvalue weighted by Gasteiger charge is 2.14. The van der Waals surface area contributed by atoms with Crippen LogP contribution in [0.15, 0.2) is 57.9 Å². The summed E-state index contributed by atoms with van der Waals surface area (Å²) in [4.78, 5) is 16.6. The molecule has 0 fully saturated rings. The number of nitrogens with zero attached hydrogens (tertiary/aromatic N) is 2. The van der Waals surface area contributed by atoms with Crippen molar-refractivity contribution >= 4 is 21.6 Å². The highest BCUT2D eigenvalue weighted by molar-refractivity contribution is 7.89. The van der Waals surface area contributed by atoms with E-state index in [1.165, 1.54) is 19.2 Å². The first-order valence-electron chi connectivity index (χ1n) is 9.22. The van der Waals surface area contributed by atoms with Crippen LogP contribution in [0.2, 0.25) is 0 Å². The highest BCUT2D eigenvalue weighted by Crippen LogP contribution is 2.27. The second-order valence-electron chi connectivity index (χ2n) is 6.35. The summed E-state index contributed by atoms with van der Waals surface area (Å²) in [7, 11) is -0.589. The van der Waals surface area contributed by atoms with E-state index in [0.717, 1.165) is 5.56 Å². The monoisotopic (exact) mass is 430 g/mol. The van der Waals surface area contributed by atoms with Crippen LogP contribution in [0.25, 0.3) is 11.4 Å². The number of ether oxygens (including phenoxy) is 1. The predicted octanol–water partition coefficient (Wildman–Crippen LogP) is 2.61. The molecule has 1 amide bonds. The topological polar surface area (TPSA) is 123 Å². The maximum atomic E-state index is 12.1. The van der Waals surface area contributed by atoms with Crippen LogP contribution in [0.5, 0.6) is 5.75 Å². The molecule has 1 heterocycles. The number of rotatable bonds is 9. The minimum Gasteiger partial charge on any atom is -0.496 e. The fourth-order valence-electron chi connectivity index (χ4n) is 2.75. The van der Waals surface area contributed by atoms with E-state index in [9.17, 15) is 13.2 Å². The Labute approximate surface area is 174 Å². The molecule has 0 aliphatic carbocycles. The third-order valence-electron chi connectivity index (χ3n) is 4.33. The molecule has 3 rings (SSSR count). The van der Waals surface area contributed by atoms with Crippen molar-refractivity contribution in [3.8, 4) is 17.1 Å². The van der Waals surface area contributed by atoms with Gasteiger partial charge < -0.3 is 14.6 Å². The van der Waals surface area contributed by atoms with Crippen LogP contribution in [0.4, 0.5) is 5.69 Å². The molecule has 0 unspecified atom stereocenters. The minimum absolute atomic E-state index is 0.130. The van der Waals surface area contributed by atoms with Crippen molar-refractivity contribution in [1.29, 1.82) is 0 Å². The molecule has 10 heteroatoms. The Hall–Kier alpha value is -3.24. The molecule has 0 saturated heterocycles. The van der Waals surface area contributed by atoms with Crippen molar-refractivity contribution in [2.45, 2.75) is 24.2 Å². The number of nitrogens with one attached hydrogen (secondary N) is 2. The molecule has 0 aliphatic heterocycles. The number of hydrogen-bond acceptors (Lipinski definition) is 7. The van der Waals surface area contributed by atoms with Gasteiger partial charge in [0, 0.05) is 18.5 Å². The summed E-state index contributed by atoms with van der Waals surface area (Å²) < 4.78 is 36.2. The Bertz CT molecular complexity index is 1110. The molecule has 0 atom stereocenters. The Morgan fingerprint density at radius 3 is 2.57 bits per heavy atom. The zero-order valence-electron chi connectivity index (χ0n) is 16.6. The molecule has 3 aromatic rings. The van der Waals surface area contributed by atoms with Crippen molar-refractivity contribution in [1.82, 2.24) is 14.9 Å². The molecule has 2 N–H and O–H groups in total. The molecule has 2 aromatic carbocycles. The number of para-hydroxylation sites is 1. The molecule has 0 bridgehead atoms. The lowest BCUT2D eigenvalue weighted by Gasteiger charge is -2.06. The normalized spacial score (nSPS) is 11.3. The maximum Gasteiger partial charge on any atom is 0.240 e. The van der Waals surface area contributed by atoms with E-state index >= 15 is 0 Å². The van der Waals surface area contributed by atoms with Crippen molar-refractivity contribution in [2.75, 3.05) is 19.5 Å². The zero-order valence-corrected chi connectivity index (χ0v) is 17.4. The van der Waals surface area contributed by atoms with E-state index in [2.05, 4.69) is 20.2 Å². The summed E-state index contributed by atoms with van der Waals surface area (Å²) in [6.45, 7) is 0. The van der Waals surface area contributed by atoms with Gasteiger partial charge in [0.25, 0.3) is 0 Å². The van der Waals surface area contributed by atoms with Gasteiger partial charge in [0.2, 0.25) is 27.6 Å². The molecular formula is C20H22N4O5S. The quantitative estimate of drug-likeness (QED) is 0.535. The zero-order chi connectivity index (χ0) is 21.6. The lowest BCUT2D eigenvalue weighted by molar-refractivity contribution is -0.116. The molecule has 0 spiro atoms. The first-order chi connectivity index (χ1) is 14.4. The average Bonchev–Trinajstić information content (AvgIpc) is 3.22. The Morgan fingerprint density at radius 1 is 1.13 bits per heavy atom. The van der Waals surface area contributed by atoms with Gasteiger partial charge in [0.15, 0.2) is 0 Å². The second-order valence-corrected chi connectivity index (χ2v) is 8.23. The van der Waals surface area contributed by atoms with E-state index in [0.29, 0.717) is 36.0 Å². The summed E-state index contributed by atoms with van der Waals surface area (Å²) >= 11 is 0. The van der Waals surface area contributed by atoms with Gasteiger partial charge in [-0.1, -0.05) is 17.3 Å². The van der Waals surface area contributed by atoms with Crippen LogP contribution in [0, 0.1) is 0 Å². The number of carbonyl (C=O) groups excluding carboxylic acids is 1. The lowest BCUT2D eigenvalue weighted by atomic mass is 10.2. The van der Waals surface area contributed by atoms with Gasteiger partial charge in [0.05, 0.1) is 17.6 Å². The fraction of sp³-hybridized carbons (Fsp3) is 0.250. The number of aryl methyl sites for hydroxylation is 1. The molecule has 1 aromatic heterocycles. The number of carbonyl (C=O) groups is 1. The number of aromatic nitrogens is 2. The van der Waals surface area contributed by atoms with Gasteiger partial charge in [0.1, 0.15) is 5.75 Å². The van der Waals surface area contributed by atoms with E-state index in [-0.39, 0.29) is 17.2 Å². The maximum absolute atomic E-state index is 12.1. The summed E-state index contributed by atoms with van der Waals surface area (Å²) in [5, 5.41) is 6.71. The van der Waals surface area contributed by atoms with Crippen molar-refractivity contribution in [2.24, 2.45) is 0 Å². The summed E-state index contributed by atoms with van der Waals surface area (Å²) in [6.07, 6.45) is 1.23. The summed E-state index contributed by atoms with van der Waals surface area (Å²) in [6, 6.07) is 13.3. The van der Waals surface area contributed by atoms with Gasteiger partial charge >= 0.3 is 0 Å². The molecular weight excluding hydrogens is 408 g/mol. The van der Waals surface area contributed by atoms with Crippen LogP contribution < -0.4 is 14.8 Å². The third-order valence-corrected chi connectivity index (χ3v) is 5.76. The molecule has 9 nitrogen and oxygen atoms in total. The Morgan fingerprint density at radius 2 is 1.87 bits per heavy atom. The predicted molar refractivity (Wildman–Crippen MR) is 111 cm³/mol. The first kappa shape index (κ1) is 21.5. The van der Waals surface area contributed by atoms with Crippen molar-refractivity contribution in [3.05, 3.63) is 54.4 Å². The Kier molecular flexibility index (Phi) is 6.80. The van der Waals surface area contributed by atoms with Gasteiger partial charge in [-0.2, -0.15) is 4.98 Å². The van der Waals surface area contributed by atoms with Crippen LogP contribution in [0.1, 0.15) is 18.7 Å². The van der Waals surface area contributed by atoms with E-state index in [1.807, 2.05) is 24.3 Å². The highest BCUT2D eigenvalue weighted by atomic mass is 32.2. The third kappa shape index (κ3) is 5.22. The van der Waals surface area contributed by atoms with E-state index in [4.69, 9.17) is 9.26 Å². The summed E-state index contributed by atoms with van der Waals surface area (Å²) in [5.74, 6) is 1.33. The van der Waals surface area contributed by atoms with E-state index < -0.39 is 10.0 Å². The molecule has 0 saturated carbocycles. The number of benzene rings is 2.